The molecular formula is C17H31NO8. The molecule has 0 amide bonds. The molecule has 0 aromatic carbocycles. The molecule has 1 aliphatic rings. The third-order valence-electron chi connectivity index (χ3n) is 4.17. The lowest BCUT2D eigenvalue weighted by atomic mass is 9.94. The number of carboxylic acids is 1. The summed E-state index contributed by atoms with van der Waals surface area (Å²) in [5.74, 6) is -2.65. The Labute approximate surface area is 153 Å². The van der Waals surface area contributed by atoms with Crippen LogP contribution < -0.4 is 5.32 Å². The van der Waals surface area contributed by atoms with Gasteiger partial charge < -0.3 is 35.2 Å². The third-order valence-corrected chi connectivity index (χ3v) is 4.17. The zero-order chi connectivity index (χ0) is 20.0. The quantitative estimate of drug-likeness (QED) is 0.335. The van der Waals surface area contributed by atoms with Crippen molar-refractivity contribution >= 4 is 11.9 Å². The summed E-state index contributed by atoms with van der Waals surface area (Å²) in [6.45, 7) is 6.76. The lowest BCUT2D eigenvalue weighted by molar-refractivity contribution is -0.265. The molecule has 1 rings (SSSR count). The van der Waals surface area contributed by atoms with Crippen LogP contribution in [0.1, 0.15) is 40.5 Å². The summed E-state index contributed by atoms with van der Waals surface area (Å²) in [6.07, 6.45) is -5.05. The molecule has 1 saturated heterocycles. The largest absolute Gasteiger partial charge is 0.481 e. The zero-order valence-electron chi connectivity index (χ0n) is 15.7. The molecule has 1 heterocycles. The van der Waals surface area contributed by atoms with Gasteiger partial charge in [-0.1, -0.05) is 27.7 Å². The maximum absolute atomic E-state index is 12.2. The van der Waals surface area contributed by atoms with Crippen LogP contribution >= 0.6 is 0 Å². The van der Waals surface area contributed by atoms with Gasteiger partial charge in [-0.2, -0.15) is 0 Å². The number of hydrogen-bond donors (Lipinski definition) is 5. The van der Waals surface area contributed by atoms with Crippen molar-refractivity contribution in [2.45, 2.75) is 77.2 Å². The maximum atomic E-state index is 12.2. The van der Waals surface area contributed by atoms with E-state index < -0.39 is 55.1 Å². The number of aliphatic carboxylic acids is 1. The molecule has 5 N–H and O–H groups in total. The second kappa shape index (κ2) is 10.2. The maximum Gasteiger partial charge on any atom is 0.309 e. The summed E-state index contributed by atoms with van der Waals surface area (Å²) < 4.78 is 10.7. The van der Waals surface area contributed by atoms with Gasteiger partial charge in [0.25, 0.3) is 0 Å². The first-order chi connectivity index (χ1) is 12.1. The molecule has 0 radical (unpaired) electrons. The average Bonchev–Trinajstić information content (AvgIpc) is 2.52. The molecule has 26 heavy (non-hydrogen) atoms. The number of hydrogen-bond acceptors (Lipinski definition) is 8. The fourth-order valence-corrected chi connectivity index (χ4v) is 2.96. The Morgan fingerprint density at radius 3 is 2.23 bits per heavy atom. The van der Waals surface area contributed by atoms with Gasteiger partial charge in [-0.15, -0.1) is 0 Å². The zero-order valence-corrected chi connectivity index (χ0v) is 15.7. The Morgan fingerprint density at radius 2 is 1.77 bits per heavy atom. The number of aliphatic hydroxyl groups excluding tert-OH is 3. The second-order valence-corrected chi connectivity index (χ2v) is 7.41. The summed E-state index contributed by atoms with van der Waals surface area (Å²) >= 11 is 0. The molecule has 0 saturated carbocycles. The second-order valence-electron chi connectivity index (χ2n) is 7.41. The van der Waals surface area contributed by atoms with Gasteiger partial charge in [0, 0.05) is 6.04 Å². The van der Waals surface area contributed by atoms with Crippen molar-refractivity contribution in [2.24, 2.45) is 11.8 Å². The summed E-state index contributed by atoms with van der Waals surface area (Å²) in [4.78, 5) is 23.5. The van der Waals surface area contributed by atoms with Gasteiger partial charge in [-0.05, 0) is 12.3 Å². The average molecular weight is 377 g/mol. The smallest absolute Gasteiger partial charge is 0.309 e. The van der Waals surface area contributed by atoms with E-state index in [1.807, 2.05) is 13.8 Å². The van der Waals surface area contributed by atoms with Crippen molar-refractivity contribution < 1.29 is 39.5 Å². The first kappa shape index (κ1) is 22.8. The number of carboxylic acid groups (broad SMARTS) is 1. The van der Waals surface area contributed by atoms with Crippen LogP contribution in [-0.4, -0.2) is 75.7 Å². The van der Waals surface area contributed by atoms with E-state index in [0.717, 1.165) is 0 Å². The van der Waals surface area contributed by atoms with Crippen LogP contribution in [0.25, 0.3) is 0 Å². The normalized spacial score (nSPS) is 30.4. The molecule has 0 aliphatic carbocycles. The molecule has 0 unspecified atom stereocenters. The van der Waals surface area contributed by atoms with Crippen molar-refractivity contribution in [3.05, 3.63) is 0 Å². The first-order valence-corrected chi connectivity index (χ1v) is 8.87. The highest BCUT2D eigenvalue weighted by atomic mass is 16.7. The van der Waals surface area contributed by atoms with Crippen LogP contribution in [-0.2, 0) is 19.1 Å². The number of esters is 1. The molecular weight excluding hydrogens is 346 g/mol. The predicted molar refractivity (Wildman–Crippen MR) is 91.1 cm³/mol. The minimum absolute atomic E-state index is 0.0981. The van der Waals surface area contributed by atoms with E-state index in [4.69, 9.17) is 9.47 Å². The monoisotopic (exact) mass is 377 g/mol. The molecule has 9 nitrogen and oxygen atoms in total. The van der Waals surface area contributed by atoms with E-state index in [9.17, 15) is 30.0 Å². The van der Waals surface area contributed by atoms with E-state index in [1.54, 1.807) is 13.8 Å². The van der Waals surface area contributed by atoms with Crippen molar-refractivity contribution in [2.75, 3.05) is 6.61 Å². The number of nitrogens with one attached hydrogen (secondary N) is 1. The summed E-state index contributed by atoms with van der Waals surface area (Å²) in [7, 11) is 0. The lowest BCUT2D eigenvalue weighted by Crippen LogP contribution is -2.65. The highest BCUT2D eigenvalue weighted by molar-refractivity contribution is 5.78. The Hall–Kier alpha value is -1.26. The van der Waals surface area contributed by atoms with Crippen LogP contribution in [0.5, 0.6) is 0 Å². The summed E-state index contributed by atoms with van der Waals surface area (Å²) in [6, 6.07) is -1.02. The van der Waals surface area contributed by atoms with Gasteiger partial charge in [0.2, 0.25) is 6.29 Å². The highest BCUT2D eigenvalue weighted by Gasteiger charge is 2.46. The summed E-state index contributed by atoms with van der Waals surface area (Å²) in [5, 5.41) is 41.8. The fourth-order valence-electron chi connectivity index (χ4n) is 2.96. The van der Waals surface area contributed by atoms with Crippen LogP contribution in [0.4, 0.5) is 0 Å². The molecule has 152 valence electrons. The van der Waals surface area contributed by atoms with Crippen molar-refractivity contribution in [3.8, 4) is 0 Å². The number of ether oxygens (including phenoxy) is 2. The van der Waals surface area contributed by atoms with Gasteiger partial charge in [0.05, 0.1) is 25.0 Å². The molecule has 6 atom stereocenters. The van der Waals surface area contributed by atoms with Crippen LogP contribution in [0.3, 0.4) is 0 Å². The number of aliphatic hydroxyl groups is 3. The van der Waals surface area contributed by atoms with Gasteiger partial charge >= 0.3 is 11.9 Å². The predicted octanol–water partition coefficient (Wildman–Crippen LogP) is -0.528. The van der Waals surface area contributed by atoms with Gasteiger partial charge in [-0.25, -0.2) is 0 Å². The molecule has 0 aromatic rings. The molecule has 0 aromatic heterocycles. The van der Waals surface area contributed by atoms with Crippen molar-refractivity contribution in [3.63, 3.8) is 0 Å². The van der Waals surface area contributed by atoms with Crippen LogP contribution in [0.15, 0.2) is 0 Å². The van der Waals surface area contributed by atoms with Crippen LogP contribution in [0, 0.1) is 11.8 Å². The van der Waals surface area contributed by atoms with Crippen molar-refractivity contribution in [1.82, 2.24) is 5.32 Å². The lowest BCUT2D eigenvalue weighted by Gasteiger charge is -2.42. The first-order valence-electron chi connectivity index (χ1n) is 8.87. The SMILES string of the molecule is CC(C)C[C@H](CC(=O)O[C@@H]1O[C@H](CO)[C@@H](O)[C@H](O)[C@H]1NC(C)C)C(=O)O. The molecule has 1 fully saturated rings. The molecule has 9 heteroatoms. The highest BCUT2D eigenvalue weighted by Crippen LogP contribution is 2.24. The van der Waals surface area contributed by atoms with Crippen molar-refractivity contribution in [1.29, 1.82) is 0 Å². The summed E-state index contributed by atoms with van der Waals surface area (Å²) in [5.41, 5.74) is 0. The number of carbonyl (C=O) groups is 2. The fraction of sp³-hybridized carbons (Fsp3) is 0.882. The Bertz CT molecular complexity index is 470. The molecule has 1 aliphatic heterocycles. The minimum Gasteiger partial charge on any atom is -0.481 e. The third kappa shape index (κ3) is 6.48. The Morgan fingerprint density at radius 1 is 1.15 bits per heavy atom. The van der Waals surface area contributed by atoms with Gasteiger partial charge in [0.1, 0.15) is 18.3 Å². The van der Waals surface area contributed by atoms with E-state index >= 15 is 0 Å². The van der Waals surface area contributed by atoms with Gasteiger partial charge in [-0.3, -0.25) is 9.59 Å². The van der Waals surface area contributed by atoms with E-state index in [0.29, 0.717) is 6.42 Å². The Balaban J connectivity index is 2.83. The molecule has 0 spiro atoms. The van der Waals surface area contributed by atoms with Gasteiger partial charge in [0.15, 0.2) is 0 Å². The van der Waals surface area contributed by atoms with Crippen LogP contribution in [0.2, 0.25) is 0 Å². The number of rotatable bonds is 9. The standard InChI is InChI=1S/C17H31NO8/c1-8(2)5-10(16(23)24)6-12(20)26-17-13(18-9(3)4)15(22)14(21)11(7-19)25-17/h8-11,13-15,17-19,21-22H,5-7H2,1-4H3,(H,23,24)/t10-,11-,13-,14-,15-,17+/m1/s1. The minimum atomic E-state index is -1.35. The topological polar surface area (TPSA) is 146 Å². The van der Waals surface area contributed by atoms with E-state index in [1.165, 1.54) is 0 Å². The molecule has 0 bridgehead atoms. The number of carbonyl (C=O) groups excluding carboxylic acids is 1. The Kier molecular flexibility index (Phi) is 8.91. The van der Waals surface area contributed by atoms with E-state index in [-0.39, 0.29) is 18.4 Å². The van der Waals surface area contributed by atoms with E-state index in [2.05, 4.69) is 5.32 Å².